The summed E-state index contributed by atoms with van der Waals surface area (Å²) in [6.45, 7) is 6.12. The smallest absolute Gasteiger partial charge is 0.240 e. The predicted octanol–water partition coefficient (Wildman–Crippen LogP) is 0.646. The molecular formula is C14H25N3O2. The maximum Gasteiger partial charge on any atom is 0.240 e. The quantitative estimate of drug-likeness (QED) is 0.789. The highest BCUT2D eigenvalue weighted by Crippen LogP contribution is 2.24. The number of carbonyl (C=O) groups is 2. The Kier molecular flexibility index (Phi) is 4.45. The summed E-state index contributed by atoms with van der Waals surface area (Å²) in [7, 11) is 0. The SMILES string of the molecule is CCC1(C(=O)NC2CCN(C(C)=O)CC2)CCCN1. The van der Waals surface area contributed by atoms with E-state index in [4.69, 9.17) is 0 Å². The van der Waals surface area contributed by atoms with E-state index in [-0.39, 0.29) is 23.4 Å². The largest absolute Gasteiger partial charge is 0.352 e. The Hall–Kier alpha value is -1.10. The van der Waals surface area contributed by atoms with Gasteiger partial charge >= 0.3 is 0 Å². The standard InChI is InChI=1S/C14H25N3O2/c1-3-14(7-4-8-15-14)13(19)16-12-5-9-17(10-6-12)11(2)18/h12,15H,3-10H2,1-2H3,(H,16,19). The van der Waals surface area contributed by atoms with Gasteiger partial charge in [0.1, 0.15) is 0 Å². The minimum atomic E-state index is -0.349. The van der Waals surface area contributed by atoms with E-state index in [9.17, 15) is 9.59 Å². The Morgan fingerprint density at radius 3 is 2.53 bits per heavy atom. The molecule has 2 N–H and O–H groups in total. The van der Waals surface area contributed by atoms with Crippen LogP contribution in [0.5, 0.6) is 0 Å². The minimum Gasteiger partial charge on any atom is -0.352 e. The zero-order valence-corrected chi connectivity index (χ0v) is 12.0. The van der Waals surface area contributed by atoms with Crippen molar-refractivity contribution in [2.24, 2.45) is 0 Å². The van der Waals surface area contributed by atoms with Gasteiger partial charge in [-0.25, -0.2) is 0 Å². The third-order valence-corrected chi connectivity index (χ3v) is 4.56. The molecule has 0 radical (unpaired) electrons. The molecule has 0 aliphatic carbocycles. The Bertz CT molecular complexity index is 343. The molecule has 2 saturated heterocycles. The Labute approximate surface area is 115 Å². The van der Waals surface area contributed by atoms with E-state index < -0.39 is 0 Å². The average molecular weight is 267 g/mol. The number of likely N-dealkylation sites (tertiary alicyclic amines) is 1. The number of nitrogens with one attached hydrogen (secondary N) is 2. The molecule has 0 aromatic carbocycles. The highest BCUT2D eigenvalue weighted by molar-refractivity contribution is 5.87. The van der Waals surface area contributed by atoms with Crippen molar-refractivity contribution >= 4 is 11.8 Å². The monoisotopic (exact) mass is 267 g/mol. The maximum atomic E-state index is 12.4. The first-order valence-corrected chi connectivity index (χ1v) is 7.39. The van der Waals surface area contributed by atoms with E-state index in [0.29, 0.717) is 0 Å². The molecule has 5 heteroatoms. The molecule has 2 amide bonds. The van der Waals surface area contributed by atoms with Crippen LogP contribution in [0.15, 0.2) is 0 Å². The summed E-state index contributed by atoms with van der Waals surface area (Å²) in [6, 6.07) is 0.217. The average Bonchev–Trinajstić information content (AvgIpc) is 2.89. The zero-order valence-electron chi connectivity index (χ0n) is 12.0. The van der Waals surface area contributed by atoms with Crippen LogP contribution >= 0.6 is 0 Å². The molecule has 0 bridgehead atoms. The van der Waals surface area contributed by atoms with Gasteiger partial charge in [0.2, 0.25) is 11.8 Å². The lowest BCUT2D eigenvalue weighted by Crippen LogP contribution is -2.57. The Balaban J connectivity index is 1.85. The van der Waals surface area contributed by atoms with Crippen LogP contribution in [0, 0.1) is 0 Å². The highest BCUT2D eigenvalue weighted by Gasteiger charge is 2.40. The second-order valence-electron chi connectivity index (χ2n) is 5.72. The normalized spacial score (nSPS) is 28.4. The van der Waals surface area contributed by atoms with Crippen LogP contribution in [0.3, 0.4) is 0 Å². The summed E-state index contributed by atoms with van der Waals surface area (Å²) in [5.41, 5.74) is -0.349. The molecule has 0 aromatic rings. The summed E-state index contributed by atoms with van der Waals surface area (Å²) in [4.78, 5) is 25.5. The number of hydrogen-bond donors (Lipinski definition) is 2. The fraction of sp³-hybridized carbons (Fsp3) is 0.857. The number of piperidine rings is 1. The molecule has 19 heavy (non-hydrogen) atoms. The highest BCUT2D eigenvalue weighted by atomic mass is 16.2. The van der Waals surface area contributed by atoms with Crippen LogP contribution in [0.2, 0.25) is 0 Å². The van der Waals surface area contributed by atoms with Gasteiger partial charge in [-0.1, -0.05) is 6.92 Å². The zero-order chi connectivity index (χ0) is 13.9. The van der Waals surface area contributed by atoms with Crippen LogP contribution < -0.4 is 10.6 Å². The topological polar surface area (TPSA) is 61.4 Å². The molecule has 0 aromatic heterocycles. The van der Waals surface area contributed by atoms with E-state index in [1.54, 1.807) is 6.92 Å². The lowest BCUT2D eigenvalue weighted by molar-refractivity contribution is -0.130. The summed E-state index contributed by atoms with van der Waals surface area (Å²) in [5, 5.41) is 6.53. The van der Waals surface area contributed by atoms with Crippen LogP contribution in [0.4, 0.5) is 0 Å². The van der Waals surface area contributed by atoms with Gasteiger partial charge < -0.3 is 15.5 Å². The van der Waals surface area contributed by atoms with Crippen molar-refractivity contribution in [2.45, 2.75) is 57.5 Å². The van der Waals surface area contributed by atoms with Crippen molar-refractivity contribution in [1.29, 1.82) is 0 Å². The third-order valence-electron chi connectivity index (χ3n) is 4.56. The molecule has 5 nitrogen and oxygen atoms in total. The van der Waals surface area contributed by atoms with Gasteiger partial charge in [0.15, 0.2) is 0 Å². The molecular weight excluding hydrogens is 242 g/mol. The number of rotatable bonds is 3. The molecule has 0 spiro atoms. The van der Waals surface area contributed by atoms with E-state index in [1.807, 2.05) is 4.90 Å². The summed E-state index contributed by atoms with van der Waals surface area (Å²) >= 11 is 0. The fourth-order valence-corrected chi connectivity index (χ4v) is 3.12. The Morgan fingerprint density at radius 2 is 2.05 bits per heavy atom. The first-order chi connectivity index (χ1) is 9.07. The van der Waals surface area contributed by atoms with Crippen molar-refractivity contribution < 1.29 is 9.59 Å². The summed E-state index contributed by atoms with van der Waals surface area (Å²) < 4.78 is 0. The third kappa shape index (κ3) is 3.08. The van der Waals surface area contributed by atoms with Gasteiger partial charge in [-0.05, 0) is 38.6 Å². The van der Waals surface area contributed by atoms with Crippen LogP contribution in [0.1, 0.15) is 46.0 Å². The van der Waals surface area contributed by atoms with Gasteiger partial charge in [0.05, 0.1) is 5.54 Å². The van der Waals surface area contributed by atoms with Gasteiger partial charge in [0, 0.05) is 26.1 Å². The van der Waals surface area contributed by atoms with Crippen LogP contribution in [0.25, 0.3) is 0 Å². The second kappa shape index (κ2) is 5.90. The summed E-state index contributed by atoms with van der Waals surface area (Å²) in [6.07, 6.45) is 4.58. The van der Waals surface area contributed by atoms with Crippen molar-refractivity contribution in [3.05, 3.63) is 0 Å². The van der Waals surface area contributed by atoms with Crippen molar-refractivity contribution in [3.8, 4) is 0 Å². The van der Waals surface area contributed by atoms with E-state index in [1.165, 1.54) is 0 Å². The van der Waals surface area contributed by atoms with Gasteiger partial charge in [-0.2, -0.15) is 0 Å². The molecule has 2 aliphatic heterocycles. The minimum absolute atomic E-state index is 0.132. The summed E-state index contributed by atoms with van der Waals surface area (Å²) in [5.74, 6) is 0.279. The number of nitrogens with zero attached hydrogens (tertiary/aromatic N) is 1. The predicted molar refractivity (Wildman–Crippen MR) is 73.7 cm³/mol. The van der Waals surface area contributed by atoms with Gasteiger partial charge in [0.25, 0.3) is 0 Å². The molecule has 108 valence electrons. The van der Waals surface area contributed by atoms with E-state index in [0.717, 1.165) is 51.7 Å². The molecule has 2 heterocycles. The maximum absolute atomic E-state index is 12.4. The van der Waals surface area contributed by atoms with Gasteiger partial charge in [-0.3, -0.25) is 9.59 Å². The fourth-order valence-electron chi connectivity index (χ4n) is 3.12. The van der Waals surface area contributed by atoms with Gasteiger partial charge in [-0.15, -0.1) is 0 Å². The molecule has 1 atom stereocenters. The van der Waals surface area contributed by atoms with Crippen molar-refractivity contribution in [1.82, 2.24) is 15.5 Å². The van der Waals surface area contributed by atoms with E-state index in [2.05, 4.69) is 17.6 Å². The lowest BCUT2D eigenvalue weighted by atomic mass is 9.92. The van der Waals surface area contributed by atoms with Crippen LogP contribution in [-0.2, 0) is 9.59 Å². The first-order valence-electron chi connectivity index (χ1n) is 7.39. The molecule has 2 aliphatic rings. The van der Waals surface area contributed by atoms with Crippen molar-refractivity contribution in [3.63, 3.8) is 0 Å². The molecule has 1 unspecified atom stereocenters. The molecule has 2 rings (SSSR count). The Morgan fingerprint density at radius 1 is 1.37 bits per heavy atom. The number of hydrogen-bond acceptors (Lipinski definition) is 3. The molecule has 2 fully saturated rings. The second-order valence-corrected chi connectivity index (χ2v) is 5.72. The first kappa shape index (κ1) is 14.3. The van der Waals surface area contributed by atoms with Crippen molar-refractivity contribution in [2.75, 3.05) is 19.6 Å². The van der Waals surface area contributed by atoms with Crippen LogP contribution in [-0.4, -0.2) is 47.9 Å². The number of amides is 2. The van der Waals surface area contributed by atoms with E-state index >= 15 is 0 Å². The lowest BCUT2D eigenvalue weighted by Gasteiger charge is -2.34. The molecule has 0 saturated carbocycles. The number of carbonyl (C=O) groups excluding carboxylic acids is 2.